The zero-order chi connectivity index (χ0) is 10.4. The highest BCUT2D eigenvalue weighted by molar-refractivity contribution is 5.06. The molecule has 1 saturated carbocycles. The predicted molar refractivity (Wildman–Crippen MR) is 60.4 cm³/mol. The average molecular weight is 197 g/mol. The van der Waals surface area contributed by atoms with Gasteiger partial charge in [-0.25, -0.2) is 0 Å². The first kappa shape index (κ1) is 11.7. The molecule has 1 rings (SSSR count). The molecule has 0 saturated heterocycles. The molecule has 1 N–H and O–H groups in total. The van der Waals surface area contributed by atoms with Gasteiger partial charge in [0.1, 0.15) is 0 Å². The van der Waals surface area contributed by atoms with Gasteiger partial charge in [0, 0.05) is 19.7 Å². The lowest BCUT2D eigenvalue weighted by molar-refractivity contribution is 0.175. The lowest BCUT2D eigenvalue weighted by atomic mass is 10.1. The van der Waals surface area contributed by atoms with Crippen LogP contribution in [0, 0.1) is 5.92 Å². The average Bonchev–Trinajstić information content (AvgIpc) is 2.96. The second kappa shape index (κ2) is 6.20. The first-order valence-corrected chi connectivity index (χ1v) is 5.68. The minimum atomic E-state index is 0.538. The van der Waals surface area contributed by atoms with Crippen LogP contribution in [0.15, 0.2) is 11.6 Å². The number of nitrogens with one attached hydrogen (secondary N) is 1. The largest absolute Gasteiger partial charge is 0.384 e. The summed E-state index contributed by atoms with van der Waals surface area (Å²) in [5.74, 6) is 0.538. The van der Waals surface area contributed by atoms with Gasteiger partial charge >= 0.3 is 0 Å². The second-order valence-electron chi connectivity index (χ2n) is 4.27. The third kappa shape index (κ3) is 4.77. The smallest absolute Gasteiger partial charge is 0.0522 e. The predicted octanol–water partition coefficient (Wildman–Crippen LogP) is 2.36. The van der Waals surface area contributed by atoms with Gasteiger partial charge in [-0.3, -0.25) is 0 Å². The van der Waals surface area contributed by atoms with Crippen LogP contribution in [0.1, 0.15) is 33.1 Å². The van der Waals surface area contributed by atoms with Crippen LogP contribution >= 0.6 is 0 Å². The second-order valence-corrected chi connectivity index (χ2v) is 4.27. The molecule has 0 aromatic heterocycles. The van der Waals surface area contributed by atoms with Crippen LogP contribution in [0.2, 0.25) is 0 Å². The van der Waals surface area contributed by atoms with Crippen LogP contribution in [0.3, 0.4) is 0 Å². The van der Waals surface area contributed by atoms with Gasteiger partial charge in [0.2, 0.25) is 0 Å². The van der Waals surface area contributed by atoms with Crippen LogP contribution < -0.4 is 5.32 Å². The first-order chi connectivity index (χ1) is 6.76. The Hall–Kier alpha value is -0.340. The molecule has 1 fully saturated rings. The van der Waals surface area contributed by atoms with Gasteiger partial charge in [0.15, 0.2) is 0 Å². The summed E-state index contributed by atoms with van der Waals surface area (Å²) >= 11 is 0. The van der Waals surface area contributed by atoms with E-state index in [1.165, 1.54) is 18.4 Å². The molecule has 0 aromatic carbocycles. The minimum absolute atomic E-state index is 0.538. The Kier molecular flexibility index (Phi) is 5.20. The highest BCUT2D eigenvalue weighted by Gasteiger charge is 2.20. The molecule has 14 heavy (non-hydrogen) atoms. The number of hydrogen-bond donors (Lipinski definition) is 1. The van der Waals surface area contributed by atoms with Crippen molar-refractivity contribution in [2.75, 3.05) is 20.3 Å². The molecule has 2 heteroatoms. The van der Waals surface area contributed by atoms with E-state index in [9.17, 15) is 0 Å². The van der Waals surface area contributed by atoms with E-state index >= 15 is 0 Å². The summed E-state index contributed by atoms with van der Waals surface area (Å²) < 4.78 is 5.12. The molecule has 1 aliphatic carbocycles. The Labute approximate surface area is 87.7 Å². The SMILES string of the molecule is CCC(=CC(C)COC)CNC1CC1. The van der Waals surface area contributed by atoms with Crippen LogP contribution in [-0.4, -0.2) is 26.3 Å². The van der Waals surface area contributed by atoms with E-state index in [2.05, 4.69) is 25.2 Å². The molecule has 0 heterocycles. The highest BCUT2D eigenvalue weighted by Crippen LogP contribution is 2.19. The van der Waals surface area contributed by atoms with Crippen molar-refractivity contribution in [1.29, 1.82) is 0 Å². The van der Waals surface area contributed by atoms with Crippen LogP contribution in [0.25, 0.3) is 0 Å². The number of hydrogen-bond acceptors (Lipinski definition) is 2. The summed E-state index contributed by atoms with van der Waals surface area (Å²) in [6.45, 7) is 6.32. The Bertz CT molecular complexity index is 185. The zero-order valence-electron chi connectivity index (χ0n) is 9.68. The lowest BCUT2D eigenvalue weighted by Crippen LogP contribution is -2.19. The van der Waals surface area contributed by atoms with Crippen molar-refractivity contribution in [2.45, 2.75) is 39.2 Å². The van der Waals surface area contributed by atoms with E-state index < -0.39 is 0 Å². The summed E-state index contributed by atoms with van der Waals surface area (Å²) in [5.41, 5.74) is 1.52. The van der Waals surface area contributed by atoms with E-state index in [1.54, 1.807) is 7.11 Å². The molecule has 1 unspecified atom stereocenters. The molecule has 0 bridgehead atoms. The topological polar surface area (TPSA) is 21.3 Å². The maximum atomic E-state index is 5.12. The maximum Gasteiger partial charge on any atom is 0.0522 e. The van der Waals surface area contributed by atoms with Crippen molar-refractivity contribution in [2.24, 2.45) is 5.92 Å². The van der Waals surface area contributed by atoms with Gasteiger partial charge in [0.05, 0.1) is 6.61 Å². The lowest BCUT2D eigenvalue weighted by Gasteiger charge is -2.10. The highest BCUT2D eigenvalue weighted by atomic mass is 16.5. The Balaban J connectivity index is 2.25. The summed E-state index contributed by atoms with van der Waals surface area (Å²) in [4.78, 5) is 0. The molecular formula is C12H23NO. The van der Waals surface area contributed by atoms with Crippen molar-refractivity contribution in [3.05, 3.63) is 11.6 Å². The molecule has 0 aromatic rings. The van der Waals surface area contributed by atoms with Crippen LogP contribution in [-0.2, 0) is 4.74 Å². The maximum absolute atomic E-state index is 5.12. The summed E-state index contributed by atoms with van der Waals surface area (Å²) in [6, 6.07) is 0.808. The molecular weight excluding hydrogens is 174 g/mol. The normalized spacial score (nSPS) is 19.8. The molecule has 0 radical (unpaired) electrons. The van der Waals surface area contributed by atoms with Gasteiger partial charge < -0.3 is 10.1 Å². The first-order valence-electron chi connectivity index (χ1n) is 5.68. The standard InChI is InChI=1S/C12H23NO/c1-4-11(7-10(2)9-14-3)8-13-12-5-6-12/h7,10,12-13H,4-6,8-9H2,1-3H3. The monoisotopic (exact) mass is 197 g/mol. The van der Waals surface area contributed by atoms with E-state index in [4.69, 9.17) is 4.74 Å². The van der Waals surface area contributed by atoms with Crippen molar-refractivity contribution in [3.63, 3.8) is 0 Å². The molecule has 82 valence electrons. The molecule has 1 aliphatic rings. The van der Waals surface area contributed by atoms with E-state index in [1.807, 2.05) is 0 Å². The molecule has 1 atom stereocenters. The van der Waals surface area contributed by atoms with Gasteiger partial charge in [-0.2, -0.15) is 0 Å². The summed E-state index contributed by atoms with van der Waals surface area (Å²) in [6.07, 6.45) is 6.22. The summed E-state index contributed by atoms with van der Waals surface area (Å²) in [7, 11) is 1.76. The fourth-order valence-corrected chi connectivity index (χ4v) is 1.58. The fourth-order valence-electron chi connectivity index (χ4n) is 1.58. The summed E-state index contributed by atoms with van der Waals surface area (Å²) in [5, 5.41) is 3.55. The third-order valence-electron chi connectivity index (χ3n) is 2.60. The zero-order valence-corrected chi connectivity index (χ0v) is 9.68. The number of ether oxygens (including phenoxy) is 1. The van der Waals surface area contributed by atoms with Crippen molar-refractivity contribution < 1.29 is 4.74 Å². The number of methoxy groups -OCH3 is 1. The van der Waals surface area contributed by atoms with Crippen molar-refractivity contribution in [1.82, 2.24) is 5.32 Å². The fraction of sp³-hybridized carbons (Fsp3) is 0.833. The van der Waals surface area contributed by atoms with E-state index in [0.717, 1.165) is 25.6 Å². The molecule has 0 spiro atoms. The van der Waals surface area contributed by atoms with Crippen LogP contribution in [0.5, 0.6) is 0 Å². The van der Waals surface area contributed by atoms with Crippen molar-refractivity contribution in [3.8, 4) is 0 Å². The van der Waals surface area contributed by atoms with Gasteiger partial charge in [-0.1, -0.05) is 25.5 Å². The molecule has 0 aliphatic heterocycles. The van der Waals surface area contributed by atoms with E-state index in [-0.39, 0.29) is 0 Å². The van der Waals surface area contributed by atoms with Gasteiger partial charge in [-0.15, -0.1) is 0 Å². The Morgan fingerprint density at radius 2 is 2.29 bits per heavy atom. The quantitative estimate of drug-likeness (QED) is 0.633. The van der Waals surface area contributed by atoms with Crippen molar-refractivity contribution >= 4 is 0 Å². The number of rotatable bonds is 7. The Morgan fingerprint density at radius 1 is 1.57 bits per heavy atom. The van der Waals surface area contributed by atoms with E-state index in [0.29, 0.717) is 5.92 Å². The molecule has 2 nitrogen and oxygen atoms in total. The van der Waals surface area contributed by atoms with Gasteiger partial charge in [-0.05, 0) is 25.2 Å². The Morgan fingerprint density at radius 3 is 2.79 bits per heavy atom. The minimum Gasteiger partial charge on any atom is -0.384 e. The van der Waals surface area contributed by atoms with Gasteiger partial charge in [0.25, 0.3) is 0 Å². The van der Waals surface area contributed by atoms with Crippen LogP contribution in [0.4, 0.5) is 0 Å². The third-order valence-corrected chi connectivity index (χ3v) is 2.60. The molecule has 0 amide bonds.